The molecule has 1 N–H and O–H groups in total. The van der Waals surface area contributed by atoms with Crippen LogP contribution in [0.2, 0.25) is 0 Å². The predicted octanol–water partition coefficient (Wildman–Crippen LogP) is 3.96. The van der Waals surface area contributed by atoms with Gasteiger partial charge in [0.2, 0.25) is 0 Å². The van der Waals surface area contributed by atoms with Crippen molar-refractivity contribution in [2.45, 2.75) is 32.9 Å². The molecule has 0 fully saturated rings. The smallest absolute Gasteiger partial charge is 0.387 e. The molecule has 2 aromatic heterocycles. The maximum Gasteiger partial charge on any atom is 0.387 e. The Balaban J connectivity index is 1.46. The van der Waals surface area contributed by atoms with Crippen molar-refractivity contribution in [1.82, 2.24) is 19.7 Å². The van der Waals surface area contributed by atoms with Crippen molar-refractivity contribution in [2.75, 3.05) is 7.11 Å². The molecule has 0 aliphatic heterocycles. The summed E-state index contributed by atoms with van der Waals surface area (Å²) in [4.78, 5) is 24.8. The summed E-state index contributed by atoms with van der Waals surface area (Å²) in [6, 6.07) is 16.2. The third kappa shape index (κ3) is 6.68. The lowest BCUT2D eigenvalue weighted by Crippen LogP contribution is -2.24. The number of amides is 1. The first-order valence-corrected chi connectivity index (χ1v) is 11.6. The molecule has 38 heavy (non-hydrogen) atoms. The maximum atomic E-state index is 14.2. The van der Waals surface area contributed by atoms with Gasteiger partial charge >= 0.3 is 6.61 Å². The van der Waals surface area contributed by atoms with Gasteiger partial charge in [-0.2, -0.15) is 13.9 Å². The van der Waals surface area contributed by atoms with Crippen LogP contribution in [-0.2, 0) is 31.0 Å². The second kappa shape index (κ2) is 12.2. The molecule has 0 spiro atoms. The van der Waals surface area contributed by atoms with Gasteiger partial charge in [-0.25, -0.2) is 4.39 Å². The van der Waals surface area contributed by atoms with Crippen molar-refractivity contribution in [3.05, 3.63) is 117 Å². The van der Waals surface area contributed by atoms with E-state index < -0.39 is 18.3 Å². The molecule has 11 heteroatoms. The molecule has 1 amide bonds. The summed E-state index contributed by atoms with van der Waals surface area (Å²) in [7, 11) is 1.46. The van der Waals surface area contributed by atoms with E-state index in [0.717, 1.165) is 17.2 Å². The molecule has 2 heterocycles. The molecule has 0 atom stereocenters. The van der Waals surface area contributed by atoms with Gasteiger partial charge in [-0.15, -0.1) is 0 Å². The summed E-state index contributed by atoms with van der Waals surface area (Å²) in [5.41, 5.74) is 2.15. The number of ether oxygens (including phenoxy) is 2. The van der Waals surface area contributed by atoms with Crippen LogP contribution in [0.4, 0.5) is 13.2 Å². The highest BCUT2D eigenvalue weighted by molar-refractivity contribution is 5.95. The fourth-order valence-electron chi connectivity index (χ4n) is 3.88. The van der Waals surface area contributed by atoms with Gasteiger partial charge in [0.25, 0.3) is 11.5 Å². The molecule has 0 saturated heterocycles. The van der Waals surface area contributed by atoms with Crippen LogP contribution < -0.4 is 15.6 Å². The van der Waals surface area contributed by atoms with E-state index in [-0.39, 0.29) is 35.6 Å². The minimum atomic E-state index is -3.13. The van der Waals surface area contributed by atoms with E-state index in [2.05, 4.69) is 15.2 Å². The number of rotatable bonds is 11. The van der Waals surface area contributed by atoms with E-state index in [1.54, 1.807) is 33.8 Å². The molecule has 0 radical (unpaired) electrons. The number of hydrogen-bond acceptors (Lipinski definition) is 5. The van der Waals surface area contributed by atoms with Gasteiger partial charge in [0, 0.05) is 37.7 Å². The van der Waals surface area contributed by atoms with Crippen LogP contribution in [0.25, 0.3) is 0 Å². The Morgan fingerprint density at radius 1 is 1.03 bits per heavy atom. The number of hydrogen-bond donors (Lipinski definition) is 1. The SMILES string of the molecule is COCc1nn(Cc2ccc(Cn3ccccc3=O)cc2)cc1C(=O)NCc1c(F)cccc1OC(F)F. The Bertz CT molecular complexity index is 1450. The van der Waals surface area contributed by atoms with Crippen molar-refractivity contribution in [3.63, 3.8) is 0 Å². The van der Waals surface area contributed by atoms with Crippen LogP contribution in [0.1, 0.15) is 32.7 Å². The molecule has 198 valence electrons. The molecule has 2 aromatic carbocycles. The first-order chi connectivity index (χ1) is 18.3. The van der Waals surface area contributed by atoms with Crippen LogP contribution in [0, 0.1) is 5.82 Å². The van der Waals surface area contributed by atoms with E-state index in [9.17, 15) is 22.8 Å². The Hall–Kier alpha value is -4.38. The third-order valence-electron chi connectivity index (χ3n) is 5.70. The number of benzene rings is 2. The summed E-state index contributed by atoms with van der Waals surface area (Å²) in [5.74, 6) is -1.70. The molecule has 0 aliphatic carbocycles. The van der Waals surface area contributed by atoms with Crippen molar-refractivity contribution in [2.24, 2.45) is 0 Å². The Morgan fingerprint density at radius 3 is 2.45 bits per heavy atom. The number of pyridine rings is 1. The minimum absolute atomic E-state index is 0.0555. The molecular formula is C27H25F3N4O4. The van der Waals surface area contributed by atoms with E-state index in [0.29, 0.717) is 18.8 Å². The second-order valence-corrected chi connectivity index (χ2v) is 8.38. The molecular weight excluding hydrogens is 501 g/mol. The average Bonchev–Trinajstić information content (AvgIpc) is 3.28. The lowest BCUT2D eigenvalue weighted by molar-refractivity contribution is -0.0506. The van der Waals surface area contributed by atoms with Gasteiger partial charge in [0.05, 0.1) is 25.3 Å². The quantitative estimate of drug-likeness (QED) is 0.320. The number of alkyl halides is 2. The number of nitrogens with one attached hydrogen (secondary N) is 1. The summed E-state index contributed by atoms with van der Waals surface area (Å²) < 4.78 is 52.3. The summed E-state index contributed by atoms with van der Waals surface area (Å²) in [6.45, 7) is -2.64. The van der Waals surface area contributed by atoms with E-state index >= 15 is 0 Å². The van der Waals surface area contributed by atoms with Gasteiger partial charge in [-0.1, -0.05) is 36.4 Å². The first kappa shape index (κ1) is 26.7. The van der Waals surface area contributed by atoms with Crippen molar-refractivity contribution < 1.29 is 27.4 Å². The normalized spacial score (nSPS) is 11.1. The first-order valence-electron chi connectivity index (χ1n) is 11.6. The maximum absolute atomic E-state index is 14.2. The fraction of sp³-hybridized carbons (Fsp3) is 0.222. The number of aromatic nitrogens is 3. The Morgan fingerprint density at radius 2 is 1.76 bits per heavy atom. The predicted molar refractivity (Wildman–Crippen MR) is 132 cm³/mol. The number of halogens is 3. The molecule has 0 saturated carbocycles. The minimum Gasteiger partial charge on any atom is -0.434 e. The van der Waals surface area contributed by atoms with Crippen molar-refractivity contribution in [1.29, 1.82) is 0 Å². The largest absolute Gasteiger partial charge is 0.434 e. The van der Waals surface area contributed by atoms with E-state index in [1.165, 1.54) is 25.3 Å². The van der Waals surface area contributed by atoms with Crippen LogP contribution >= 0.6 is 0 Å². The molecule has 0 unspecified atom stereocenters. The standard InChI is InChI=1S/C27H25F3N4O4/c1-37-17-23-21(26(36)31-13-20-22(28)5-4-6-24(20)38-27(29)30)16-34(32-23)15-19-10-8-18(9-11-19)14-33-12-3-2-7-25(33)35/h2-12,16,27H,13-15,17H2,1H3,(H,31,36). The lowest BCUT2D eigenvalue weighted by atomic mass is 10.1. The fourth-order valence-corrected chi connectivity index (χ4v) is 3.88. The summed E-state index contributed by atoms with van der Waals surface area (Å²) in [6.07, 6.45) is 3.27. The van der Waals surface area contributed by atoms with Crippen molar-refractivity contribution in [3.8, 4) is 5.75 Å². The molecule has 4 rings (SSSR count). The van der Waals surface area contributed by atoms with Crippen LogP contribution in [0.3, 0.4) is 0 Å². The van der Waals surface area contributed by atoms with Gasteiger partial charge in [0.15, 0.2) is 0 Å². The topological polar surface area (TPSA) is 87.4 Å². The number of nitrogens with zero attached hydrogens (tertiary/aromatic N) is 3. The number of carbonyl (C=O) groups excluding carboxylic acids is 1. The molecule has 0 aliphatic rings. The number of carbonyl (C=O) groups is 1. The van der Waals surface area contributed by atoms with Crippen molar-refractivity contribution >= 4 is 5.91 Å². The van der Waals surface area contributed by atoms with Gasteiger partial charge in [-0.05, 0) is 29.3 Å². The Labute approximate surface area is 216 Å². The zero-order valence-electron chi connectivity index (χ0n) is 20.4. The monoisotopic (exact) mass is 526 g/mol. The summed E-state index contributed by atoms with van der Waals surface area (Å²) in [5, 5.41) is 6.98. The summed E-state index contributed by atoms with van der Waals surface area (Å²) >= 11 is 0. The van der Waals surface area contributed by atoms with E-state index in [1.807, 2.05) is 24.3 Å². The third-order valence-corrected chi connectivity index (χ3v) is 5.70. The average molecular weight is 527 g/mol. The van der Waals surface area contributed by atoms with Gasteiger partial charge in [0.1, 0.15) is 17.3 Å². The van der Waals surface area contributed by atoms with Crippen LogP contribution in [0.5, 0.6) is 5.75 Å². The Kier molecular flexibility index (Phi) is 8.59. The van der Waals surface area contributed by atoms with Gasteiger partial charge in [-0.3, -0.25) is 14.3 Å². The number of methoxy groups -OCH3 is 1. The highest BCUT2D eigenvalue weighted by Gasteiger charge is 2.19. The molecule has 8 nitrogen and oxygen atoms in total. The van der Waals surface area contributed by atoms with Crippen LogP contribution in [-0.4, -0.2) is 34.0 Å². The van der Waals surface area contributed by atoms with E-state index in [4.69, 9.17) is 4.74 Å². The lowest BCUT2D eigenvalue weighted by Gasteiger charge is -2.12. The molecule has 0 bridgehead atoms. The zero-order chi connectivity index (χ0) is 27.1. The highest BCUT2D eigenvalue weighted by atomic mass is 19.3. The highest BCUT2D eigenvalue weighted by Crippen LogP contribution is 2.23. The van der Waals surface area contributed by atoms with Crippen LogP contribution in [0.15, 0.2) is 77.9 Å². The molecule has 4 aromatic rings. The second-order valence-electron chi connectivity index (χ2n) is 8.38. The van der Waals surface area contributed by atoms with Gasteiger partial charge < -0.3 is 19.4 Å². The zero-order valence-corrected chi connectivity index (χ0v) is 20.4.